The smallest absolute Gasteiger partial charge is 0.214 e. The summed E-state index contributed by atoms with van der Waals surface area (Å²) in [5.41, 5.74) is 0. The van der Waals surface area contributed by atoms with Gasteiger partial charge in [0, 0.05) is 12.6 Å². The highest BCUT2D eigenvalue weighted by Gasteiger charge is 2.29. The van der Waals surface area contributed by atoms with E-state index in [2.05, 4.69) is 0 Å². The summed E-state index contributed by atoms with van der Waals surface area (Å²) in [4.78, 5) is 0. The summed E-state index contributed by atoms with van der Waals surface area (Å²) < 4.78 is 25.6. The van der Waals surface area contributed by atoms with Crippen LogP contribution in [0.25, 0.3) is 0 Å². The molecule has 0 spiro atoms. The van der Waals surface area contributed by atoms with E-state index in [1.807, 2.05) is 6.92 Å². The molecule has 0 aromatic heterocycles. The van der Waals surface area contributed by atoms with Crippen molar-refractivity contribution >= 4 is 10.0 Å². The minimum absolute atomic E-state index is 0.0839. The zero-order valence-electron chi connectivity index (χ0n) is 10.1. The zero-order chi connectivity index (χ0) is 12.0. The van der Waals surface area contributed by atoms with E-state index in [0.29, 0.717) is 6.42 Å². The lowest BCUT2D eigenvalue weighted by Crippen LogP contribution is -2.44. The monoisotopic (exact) mass is 249 g/mol. The Labute approximate surface area is 98.7 Å². The Hall–Kier alpha value is -0.130. The van der Waals surface area contributed by atoms with E-state index in [1.165, 1.54) is 10.7 Å². The lowest BCUT2D eigenvalue weighted by Gasteiger charge is -2.32. The van der Waals surface area contributed by atoms with E-state index in [1.54, 1.807) is 0 Å². The van der Waals surface area contributed by atoms with Gasteiger partial charge in [-0.1, -0.05) is 26.2 Å². The molecule has 0 radical (unpaired) electrons. The maximum atomic E-state index is 12.0. The highest BCUT2D eigenvalue weighted by Crippen LogP contribution is 2.24. The molecule has 0 atom stereocenters. The quantitative estimate of drug-likeness (QED) is 0.773. The Morgan fingerprint density at radius 3 is 2.38 bits per heavy atom. The second kappa shape index (κ2) is 6.57. The topological polar surface area (TPSA) is 57.6 Å². The van der Waals surface area contributed by atoms with Crippen molar-refractivity contribution in [2.75, 3.05) is 18.9 Å². The number of sulfonamides is 1. The van der Waals surface area contributed by atoms with E-state index in [-0.39, 0.29) is 24.9 Å². The van der Waals surface area contributed by atoms with Crippen LogP contribution >= 0.6 is 0 Å². The average Bonchev–Trinajstić information content (AvgIpc) is 2.27. The highest BCUT2D eigenvalue weighted by atomic mass is 32.2. The van der Waals surface area contributed by atoms with Gasteiger partial charge in [-0.3, -0.25) is 0 Å². The molecule has 0 bridgehead atoms. The lowest BCUT2D eigenvalue weighted by molar-refractivity contribution is 0.199. The van der Waals surface area contributed by atoms with Crippen LogP contribution in [0.1, 0.15) is 45.4 Å². The second-order valence-electron chi connectivity index (χ2n) is 4.44. The Bertz CT molecular complexity index is 284. The van der Waals surface area contributed by atoms with Crippen molar-refractivity contribution in [3.8, 4) is 0 Å². The Balaban J connectivity index is 2.72. The van der Waals surface area contributed by atoms with E-state index in [4.69, 9.17) is 5.11 Å². The summed E-state index contributed by atoms with van der Waals surface area (Å²) in [5.74, 6) is 0.198. The van der Waals surface area contributed by atoms with Crippen LogP contribution < -0.4 is 0 Å². The van der Waals surface area contributed by atoms with Crippen molar-refractivity contribution in [2.24, 2.45) is 0 Å². The van der Waals surface area contributed by atoms with Crippen molar-refractivity contribution in [3.05, 3.63) is 0 Å². The van der Waals surface area contributed by atoms with Crippen LogP contribution in [0.15, 0.2) is 0 Å². The fourth-order valence-electron chi connectivity index (χ4n) is 2.39. The second-order valence-corrected chi connectivity index (χ2v) is 6.48. The summed E-state index contributed by atoms with van der Waals surface area (Å²) >= 11 is 0. The third-order valence-corrected chi connectivity index (χ3v) is 5.24. The Morgan fingerprint density at radius 1 is 1.25 bits per heavy atom. The zero-order valence-corrected chi connectivity index (χ0v) is 10.9. The fourth-order valence-corrected chi connectivity index (χ4v) is 4.17. The first-order valence-corrected chi connectivity index (χ1v) is 7.83. The van der Waals surface area contributed by atoms with E-state index >= 15 is 0 Å². The average molecular weight is 249 g/mol. The van der Waals surface area contributed by atoms with Gasteiger partial charge in [0.15, 0.2) is 0 Å². The van der Waals surface area contributed by atoms with Crippen LogP contribution in [-0.4, -0.2) is 42.8 Å². The molecule has 0 heterocycles. The number of nitrogens with zero attached hydrogens (tertiary/aromatic N) is 1. The predicted molar refractivity (Wildman–Crippen MR) is 64.7 cm³/mol. The molecule has 0 amide bonds. The van der Waals surface area contributed by atoms with E-state index < -0.39 is 10.0 Å². The molecule has 4 nitrogen and oxygen atoms in total. The van der Waals surface area contributed by atoms with Crippen molar-refractivity contribution < 1.29 is 13.5 Å². The van der Waals surface area contributed by atoms with Crippen LogP contribution in [0.4, 0.5) is 0 Å². The maximum Gasteiger partial charge on any atom is 0.214 e. The van der Waals surface area contributed by atoms with Gasteiger partial charge in [-0.25, -0.2) is 8.42 Å². The van der Waals surface area contributed by atoms with Crippen molar-refractivity contribution in [1.29, 1.82) is 0 Å². The molecule has 0 aromatic carbocycles. The largest absolute Gasteiger partial charge is 0.395 e. The molecule has 1 aliphatic carbocycles. The van der Waals surface area contributed by atoms with Gasteiger partial charge in [0.05, 0.1) is 12.4 Å². The maximum absolute atomic E-state index is 12.0. The predicted octanol–water partition coefficient (Wildman–Crippen LogP) is 1.35. The number of hydrogen-bond donors (Lipinski definition) is 1. The summed E-state index contributed by atoms with van der Waals surface area (Å²) in [6.07, 6.45) is 5.95. The molecule has 0 aliphatic heterocycles. The molecular formula is C11H23NO3S. The highest BCUT2D eigenvalue weighted by molar-refractivity contribution is 7.89. The molecule has 1 rings (SSSR count). The van der Waals surface area contributed by atoms with Crippen LogP contribution in [0.3, 0.4) is 0 Å². The number of rotatable bonds is 6. The Morgan fingerprint density at radius 2 is 1.88 bits per heavy atom. The van der Waals surface area contributed by atoms with Gasteiger partial charge in [0.2, 0.25) is 10.0 Å². The van der Waals surface area contributed by atoms with Crippen molar-refractivity contribution in [3.63, 3.8) is 0 Å². The van der Waals surface area contributed by atoms with Crippen LogP contribution in [0, 0.1) is 0 Å². The minimum Gasteiger partial charge on any atom is -0.395 e. The number of aliphatic hydroxyl groups excluding tert-OH is 1. The van der Waals surface area contributed by atoms with Gasteiger partial charge in [-0.2, -0.15) is 4.31 Å². The molecule has 16 heavy (non-hydrogen) atoms. The summed E-state index contributed by atoms with van der Waals surface area (Å²) in [6.45, 7) is 2.04. The fraction of sp³-hybridized carbons (Fsp3) is 1.00. The van der Waals surface area contributed by atoms with Gasteiger partial charge in [0.25, 0.3) is 0 Å². The van der Waals surface area contributed by atoms with Gasteiger partial charge in [-0.15, -0.1) is 0 Å². The number of aliphatic hydroxyl groups is 1. The van der Waals surface area contributed by atoms with Crippen molar-refractivity contribution in [2.45, 2.75) is 51.5 Å². The minimum atomic E-state index is -3.16. The Kier molecular flexibility index (Phi) is 5.72. The molecule has 1 saturated carbocycles. The molecule has 1 aliphatic rings. The molecule has 1 fully saturated rings. The lowest BCUT2D eigenvalue weighted by atomic mass is 9.95. The number of hydrogen-bond acceptors (Lipinski definition) is 3. The molecule has 0 aromatic rings. The first kappa shape index (κ1) is 13.9. The summed E-state index contributed by atoms with van der Waals surface area (Å²) in [6, 6.07) is 0.123. The molecule has 5 heteroatoms. The summed E-state index contributed by atoms with van der Waals surface area (Å²) in [7, 11) is -3.16. The van der Waals surface area contributed by atoms with Crippen molar-refractivity contribution in [1.82, 2.24) is 4.31 Å². The third kappa shape index (κ3) is 3.71. The van der Waals surface area contributed by atoms with Gasteiger partial charge in [-0.05, 0) is 19.3 Å². The molecular weight excluding hydrogens is 226 g/mol. The molecule has 0 unspecified atom stereocenters. The van der Waals surface area contributed by atoms with Gasteiger partial charge < -0.3 is 5.11 Å². The summed E-state index contributed by atoms with van der Waals surface area (Å²) in [5, 5.41) is 8.99. The first-order chi connectivity index (χ1) is 7.61. The van der Waals surface area contributed by atoms with Gasteiger partial charge in [0.1, 0.15) is 0 Å². The molecule has 0 saturated heterocycles. The van der Waals surface area contributed by atoms with E-state index in [0.717, 1.165) is 25.7 Å². The molecule has 1 N–H and O–H groups in total. The van der Waals surface area contributed by atoms with Crippen LogP contribution in [0.5, 0.6) is 0 Å². The third-order valence-electron chi connectivity index (χ3n) is 3.12. The molecule has 96 valence electrons. The SMILES string of the molecule is CCCS(=O)(=O)N(CCO)C1CCCCC1. The standard InChI is InChI=1S/C11H23NO3S/c1-2-10-16(14,15)12(8-9-13)11-6-4-3-5-7-11/h11,13H,2-10H2,1H3. The van der Waals surface area contributed by atoms with Crippen LogP contribution in [0.2, 0.25) is 0 Å². The first-order valence-electron chi connectivity index (χ1n) is 6.22. The normalized spacial score (nSPS) is 19.2. The van der Waals surface area contributed by atoms with Crippen LogP contribution in [-0.2, 0) is 10.0 Å². The van der Waals surface area contributed by atoms with E-state index in [9.17, 15) is 8.42 Å². The van der Waals surface area contributed by atoms with Gasteiger partial charge >= 0.3 is 0 Å².